The first kappa shape index (κ1) is 13.2. The monoisotopic (exact) mass is 227 g/mol. The highest BCUT2D eigenvalue weighted by molar-refractivity contribution is 5.94. The topological polar surface area (TPSA) is 46.6 Å². The highest BCUT2D eigenvalue weighted by atomic mass is 16.5. The summed E-state index contributed by atoms with van der Waals surface area (Å²) in [6.45, 7) is 6.25. The molecule has 1 aliphatic rings. The third-order valence-electron chi connectivity index (χ3n) is 2.69. The Morgan fingerprint density at radius 2 is 1.88 bits per heavy atom. The molecule has 1 aliphatic heterocycles. The van der Waals surface area contributed by atoms with Crippen molar-refractivity contribution in [3.63, 3.8) is 0 Å². The number of hydrogen-bond donors (Lipinski definition) is 0. The summed E-state index contributed by atoms with van der Waals surface area (Å²) < 4.78 is 5.16. The van der Waals surface area contributed by atoms with Gasteiger partial charge in [-0.05, 0) is 39.8 Å². The number of carbonyl (C=O) groups is 2. The molecule has 92 valence electrons. The van der Waals surface area contributed by atoms with E-state index in [-0.39, 0.29) is 18.3 Å². The van der Waals surface area contributed by atoms with Gasteiger partial charge in [0.05, 0.1) is 0 Å². The van der Waals surface area contributed by atoms with Gasteiger partial charge in [0.25, 0.3) is 0 Å². The maximum atomic E-state index is 11.2. The van der Waals surface area contributed by atoms with Gasteiger partial charge in [-0.1, -0.05) is 6.42 Å². The minimum Gasteiger partial charge on any atom is -0.461 e. The molecule has 0 bridgehead atoms. The van der Waals surface area contributed by atoms with Gasteiger partial charge in [-0.3, -0.25) is 14.5 Å². The van der Waals surface area contributed by atoms with E-state index in [0.717, 1.165) is 19.6 Å². The Kier molecular flexibility index (Phi) is 5.46. The Morgan fingerprint density at radius 3 is 2.44 bits per heavy atom. The van der Waals surface area contributed by atoms with Crippen LogP contribution >= 0.6 is 0 Å². The second kappa shape index (κ2) is 6.63. The first-order valence-electron chi connectivity index (χ1n) is 5.99. The van der Waals surface area contributed by atoms with Crippen LogP contribution < -0.4 is 0 Å². The van der Waals surface area contributed by atoms with Crippen LogP contribution in [0.25, 0.3) is 0 Å². The van der Waals surface area contributed by atoms with Crippen molar-refractivity contribution in [2.75, 3.05) is 19.6 Å². The second-order valence-electron chi connectivity index (χ2n) is 4.54. The van der Waals surface area contributed by atoms with E-state index in [2.05, 4.69) is 4.90 Å². The molecule has 0 saturated carbocycles. The molecule has 0 aliphatic carbocycles. The summed E-state index contributed by atoms with van der Waals surface area (Å²) >= 11 is 0. The molecule has 0 radical (unpaired) electrons. The van der Waals surface area contributed by atoms with Crippen LogP contribution in [0.1, 0.15) is 39.5 Å². The summed E-state index contributed by atoms with van der Waals surface area (Å²) in [6.07, 6.45) is 3.53. The summed E-state index contributed by atoms with van der Waals surface area (Å²) in [6, 6.07) is 0. The fourth-order valence-corrected chi connectivity index (χ4v) is 2.01. The largest absolute Gasteiger partial charge is 0.461 e. The lowest BCUT2D eigenvalue weighted by Gasteiger charge is -2.28. The van der Waals surface area contributed by atoms with Crippen molar-refractivity contribution in [2.24, 2.45) is 0 Å². The molecule has 0 N–H and O–H groups in total. The third kappa shape index (κ3) is 5.26. The minimum atomic E-state index is -0.406. The molecule has 1 fully saturated rings. The maximum absolute atomic E-state index is 11.2. The molecule has 0 spiro atoms. The molecular formula is C12H21NO3. The molecule has 16 heavy (non-hydrogen) atoms. The highest BCUT2D eigenvalue weighted by Crippen LogP contribution is 2.10. The van der Waals surface area contributed by atoms with Crippen molar-refractivity contribution in [2.45, 2.75) is 45.6 Å². The smallest absolute Gasteiger partial charge is 0.313 e. The van der Waals surface area contributed by atoms with Crippen LogP contribution in [0.2, 0.25) is 0 Å². The van der Waals surface area contributed by atoms with E-state index in [1.165, 1.54) is 26.2 Å². The van der Waals surface area contributed by atoms with Gasteiger partial charge in [0, 0.05) is 6.54 Å². The van der Waals surface area contributed by atoms with Crippen molar-refractivity contribution in [1.82, 2.24) is 4.90 Å². The SMILES string of the molecule is CC(=O)CC(=O)OC(C)CN1CCCCC1. The molecule has 0 amide bonds. The number of likely N-dealkylation sites (tertiary alicyclic amines) is 1. The van der Waals surface area contributed by atoms with Crippen LogP contribution in [0.5, 0.6) is 0 Å². The molecule has 4 nitrogen and oxygen atoms in total. The number of ether oxygens (including phenoxy) is 1. The minimum absolute atomic E-state index is 0.107. The van der Waals surface area contributed by atoms with E-state index in [1.807, 2.05) is 6.92 Å². The van der Waals surface area contributed by atoms with Crippen LogP contribution in [0.3, 0.4) is 0 Å². The van der Waals surface area contributed by atoms with Gasteiger partial charge in [0.2, 0.25) is 0 Å². The van der Waals surface area contributed by atoms with Crippen molar-refractivity contribution in [3.8, 4) is 0 Å². The summed E-state index contributed by atoms with van der Waals surface area (Å²) in [5.74, 6) is -0.549. The Labute approximate surface area is 96.9 Å². The number of ketones is 1. The predicted octanol–water partition coefficient (Wildman–Crippen LogP) is 1.38. The zero-order valence-electron chi connectivity index (χ0n) is 10.2. The van der Waals surface area contributed by atoms with Crippen LogP contribution in [0.15, 0.2) is 0 Å². The van der Waals surface area contributed by atoms with Gasteiger partial charge in [0.1, 0.15) is 18.3 Å². The average Bonchev–Trinajstić information content (AvgIpc) is 2.17. The molecule has 1 heterocycles. The van der Waals surface area contributed by atoms with E-state index < -0.39 is 5.97 Å². The molecule has 1 atom stereocenters. The second-order valence-corrected chi connectivity index (χ2v) is 4.54. The van der Waals surface area contributed by atoms with E-state index in [0.29, 0.717) is 0 Å². The first-order chi connectivity index (χ1) is 7.58. The summed E-state index contributed by atoms with van der Waals surface area (Å²) in [5.41, 5.74) is 0. The molecule has 4 heteroatoms. The van der Waals surface area contributed by atoms with Gasteiger partial charge in [-0.2, -0.15) is 0 Å². The molecule has 0 aromatic heterocycles. The van der Waals surface area contributed by atoms with Gasteiger partial charge in [0.15, 0.2) is 0 Å². The van der Waals surface area contributed by atoms with E-state index in [9.17, 15) is 9.59 Å². The Bertz CT molecular complexity index is 247. The predicted molar refractivity (Wildman–Crippen MR) is 61.1 cm³/mol. The quantitative estimate of drug-likeness (QED) is 0.526. The third-order valence-corrected chi connectivity index (χ3v) is 2.69. The van der Waals surface area contributed by atoms with Gasteiger partial charge in [-0.25, -0.2) is 0 Å². The lowest BCUT2D eigenvalue weighted by atomic mass is 10.1. The van der Waals surface area contributed by atoms with E-state index in [1.54, 1.807) is 0 Å². The van der Waals surface area contributed by atoms with Crippen molar-refractivity contribution in [3.05, 3.63) is 0 Å². The normalized spacial score (nSPS) is 19.1. The van der Waals surface area contributed by atoms with Gasteiger partial charge >= 0.3 is 5.97 Å². The standard InChI is InChI=1S/C12H21NO3/c1-10(14)8-12(15)16-11(2)9-13-6-4-3-5-7-13/h11H,3-9H2,1-2H3. The Hall–Kier alpha value is -0.900. The fraction of sp³-hybridized carbons (Fsp3) is 0.833. The maximum Gasteiger partial charge on any atom is 0.313 e. The number of piperidine rings is 1. The number of esters is 1. The van der Waals surface area contributed by atoms with Gasteiger partial charge < -0.3 is 4.74 Å². The number of rotatable bonds is 5. The number of nitrogens with zero attached hydrogens (tertiary/aromatic N) is 1. The molecule has 1 rings (SSSR count). The van der Waals surface area contributed by atoms with E-state index >= 15 is 0 Å². The molecular weight excluding hydrogens is 206 g/mol. The van der Waals surface area contributed by atoms with Crippen LogP contribution in [0.4, 0.5) is 0 Å². The summed E-state index contributed by atoms with van der Waals surface area (Å²) in [5, 5.41) is 0. The van der Waals surface area contributed by atoms with Crippen LogP contribution in [0, 0.1) is 0 Å². The molecule has 1 saturated heterocycles. The number of hydrogen-bond acceptors (Lipinski definition) is 4. The summed E-state index contributed by atoms with van der Waals surface area (Å²) in [7, 11) is 0. The molecule has 0 aromatic carbocycles. The molecule has 1 unspecified atom stereocenters. The first-order valence-corrected chi connectivity index (χ1v) is 5.99. The fourth-order valence-electron chi connectivity index (χ4n) is 2.01. The van der Waals surface area contributed by atoms with E-state index in [4.69, 9.17) is 4.74 Å². The van der Waals surface area contributed by atoms with Crippen LogP contribution in [-0.2, 0) is 14.3 Å². The Balaban J connectivity index is 2.21. The van der Waals surface area contributed by atoms with Crippen LogP contribution in [-0.4, -0.2) is 42.4 Å². The summed E-state index contributed by atoms with van der Waals surface area (Å²) in [4.78, 5) is 24.3. The van der Waals surface area contributed by atoms with Crippen molar-refractivity contribution < 1.29 is 14.3 Å². The zero-order valence-corrected chi connectivity index (χ0v) is 10.2. The van der Waals surface area contributed by atoms with Crippen molar-refractivity contribution in [1.29, 1.82) is 0 Å². The number of Topliss-reactive ketones (excluding diaryl/α,β-unsaturated/α-hetero) is 1. The lowest BCUT2D eigenvalue weighted by Crippen LogP contribution is -2.37. The number of carbonyl (C=O) groups excluding carboxylic acids is 2. The zero-order chi connectivity index (χ0) is 12.0. The average molecular weight is 227 g/mol. The molecule has 0 aromatic rings. The highest BCUT2D eigenvalue weighted by Gasteiger charge is 2.16. The van der Waals surface area contributed by atoms with Gasteiger partial charge in [-0.15, -0.1) is 0 Å². The lowest BCUT2D eigenvalue weighted by molar-refractivity contribution is -0.150. The Morgan fingerprint density at radius 1 is 1.25 bits per heavy atom. The van der Waals surface area contributed by atoms with Crippen molar-refractivity contribution >= 4 is 11.8 Å².